The summed E-state index contributed by atoms with van der Waals surface area (Å²) in [4.78, 5) is 27.6. The Balaban J connectivity index is 2.44. The number of carboxylic acid groups (broad SMARTS) is 1. The van der Waals surface area contributed by atoms with Crippen molar-refractivity contribution in [3.8, 4) is 11.3 Å². The molecule has 1 heterocycles. The molecular weight excluding hydrogens is 296 g/mol. The van der Waals surface area contributed by atoms with Gasteiger partial charge in [0.25, 0.3) is 5.56 Å². The number of aliphatic hydroxyl groups is 1. The third-order valence-electron chi connectivity index (χ3n) is 3.77. The summed E-state index contributed by atoms with van der Waals surface area (Å²) in [6, 6.07) is 8.96. The number of nitrogens with zero attached hydrogens (tertiary/aromatic N) is 1. The van der Waals surface area contributed by atoms with Gasteiger partial charge in [-0.15, -0.1) is 0 Å². The number of nitrogens with one attached hydrogen (secondary N) is 1. The summed E-state index contributed by atoms with van der Waals surface area (Å²) < 4.78 is 0. The van der Waals surface area contributed by atoms with Gasteiger partial charge in [-0.1, -0.05) is 19.1 Å². The van der Waals surface area contributed by atoms with E-state index in [9.17, 15) is 9.59 Å². The third kappa shape index (κ3) is 3.60. The number of aliphatic hydroxyl groups excluding tert-OH is 1. The Kier molecular flexibility index (Phi) is 5.18. The van der Waals surface area contributed by atoms with Crippen LogP contribution in [-0.2, 0) is 6.42 Å². The number of hydrogen-bond donors (Lipinski definition) is 3. The number of aryl methyl sites for hydroxylation is 1. The van der Waals surface area contributed by atoms with E-state index in [-0.39, 0.29) is 12.2 Å². The normalized spacial score (nSPS) is 10.6. The van der Waals surface area contributed by atoms with Gasteiger partial charge in [-0.05, 0) is 35.7 Å². The second kappa shape index (κ2) is 7.11. The van der Waals surface area contributed by atoms with Crippen LogP contribution in [0.2, 0.25) is 0 Å². The number of carbonyl (C=O) groups is 1. The number of aromatic carboxylic acids is 1. The summed E-state index contributed by atoms with van der Waals surface area (Å²) in [5.74, 6) is -1.23. The fourth-order valence-corrected chi connectivity index (χ4v) is 2.43. The van der Waals surface area contributed by atoms with Gasteiger partial charge >= 0.3 is 5.97 Å². The molecule has 0 aliphatic heterocycles. The van der Waals surface area contributed by atoms with E-state index in [0.29, 0.717) is 18.7 Å². The highest BCUT2D eigenvalue weighted by Gasteiger charge is 2.14. The van der Waals surface area contributed by atoms with Crippen molar-refractivity contribution in [3.63, 3.8) is 0 Å². The fourth-order valence-electron chi connectivity index (χ4n) is 2.43. The summed E-state index contributed by atoms with van der Waals surface area (Å²) in [6.07, 6.45) is 0.610. The minimum absolute atomic E-state index is 0.0716. The number of anilines is 1. The number of benzene rings is 1. The lowest BCUT2D eigenvalue weighted by Gasteiger charge is -2.18. The van der Waals surface area contributed by atoms with Crippen molar-refractivity contribution in [2.24, 2.45) is 0 Å². The Morgan fingerprint density at radius 2 is 1.91 bits per heavy atom. The van der Waals surface area contributed by atoms with E-state index < -0.39 is 11.5 Å². The highest BCUT2D eigenvalue weighted by atomic mass is 16.4. The van der Waals surface area contributed by atoms with Crippen LogP contribution < -0.4 is 10.5 Å². The van der Waals surface area contributed by atoms with Crippen LogP contribution in [0.3, 0.4) is 0 Å². The van der Waals surface area contributed by atoms with Crippen molar-refractivity contribution >= 4 is 11.7 Å². The first-order valence-corrected chi connectivity index (χ1v) is 7.39. The molecule has 0 aliphatic rings. The summed E-state index contributed by atoms with van der Waals surface area (Å²) in [7, 11) is 1.88. The predicted octanol–water partition coefficient (Wildman–Crippen LogP) is 1.73. The first-order valence-electron chi connectivity index (χ1n) is 7.39. The maximum absolute atomic E-state index is 11.9. The van der Waals surface area contributed by atoms with Crippen LogP contribution in [-0.4, -0.2) is 41.4 Å². The van der Waals surface area contributed by atoms with Gasteiger partial charge < -0.3 is 20.1 Å². The molecule has 0 amide bonds. The minimum Gasteiger partial charge on any atom is -0.477 e. The van der Waals surface area contributed by atoms with Crippen molar-refractivity contribution in [3.05, 3.63) is 51.8 Å². The summed E-state index contributed by atoms with van der Waals surface area (Å²) in [5, 5.41) is 18.0. The topological polar surface area (TPSA) is 93.6 Å². The maximum Gasteiger partial charge on any atom is 0.341 e. The standard InChI is InChI=1S/C17H20N2O4/c1-3-11-10-14(17(22)23)16(21)18-15(11)12-4-6-13(7-5-12)19(2)8-9-20/h4-7,10,20H,3,8-9H2,1-2H3,(H,18,21)(H,22,23). The molecule has 23 heavy (non-hydrogen) atoms. The van der Waals surface area contributed by atoms with Crippen LogP contribution in [0.15, 0.2) is 35.1 Å². The molecule has 0 saturated carbocycles. The van der Waals surface area contributed by atoms with Crippen molar-refractivity contribution in [2.75, 3.05) is 25.1 Å². The fraction of sp³-hybridized carbons (Fsp3) is 0.294. The van der Waals surface area contributed by atoms with Crippen molar-refractivity contribution in [1.29, 1.82) is 0 Å². The van der Waals surface area contributed by atoms with Crippen LogP contribution >= 0.6 is 0 Å². The van der Waals surface area contributed by atoms with Crippen LogP contribution in [0.5, 0.6) is 0 Å². The van der Waals surface area contributed by atoms with E-state index in [4.69, 9.17) is 10.2 Å². The highest BCUT2D eigenvalue weighted by molar-refractivity contribution is 5.88. The van der Waals surface area contributed by atoms with E-state index in [1.54, 1.807) is 0 Å². The first kappa shape index (κ1) is 16.8. The van der Waals surface area contributed by atoms with Crippen molar-refractivity contribution in [2.45, 2.75) is 13.3 Å². The lowest BCUT2D eigenvalue weighted by molar-refractivity contribution is 0.0695. The van der Waals surface area contributed by atoms with E-state index in [2.05, 4.69) is 4.98 Å². The highest BCUT2D eigenvalue weighted by Crippen LogP contribution is 2.24. The Bertz CT molecular complexity index is 750. The second-order valence-electron chi connectivity index (χ2n) is 5.26. The molecule has 0 spiro atoms. The minimum atomic E-state index is -1.23. The lowest BCUT2D eigenvalue weighted by Crippen LogP contribution is -2.21. The zero-order valence-electron chi connectivity index (χ0n) is 13.2. The Morgan fingerprint density at radius 1 is 1.26 bits per heavy atom. The molecule has 2 rings (SSSR count). The van der Waals surface area contributed by atoms with Crippen LogP contribution in [0.25, 0.3) is 11.3 Å². The largest absolute Gasteiger partial charge is 0.477 e. The van der Waals surface area contributed by atoms with Crippen molar-refractivity contribution < 1.29 is 15.0 Å². The van der Waals surface area contributed by atoms with Gasteiger partial charge in [0.1, 0.15) is 5.56 Å². The molecule has 2 aromatic rings. The van der Waals surface area contributed by atoms with Gasteiger partial charge in [-0.25, -0.2) is 4.79 Å². The molecule has 0 bridgehead atoms. The average Bonchev–Trinajstić information content (AvgIpc) is 2.54. The predicted molar refractivity (Wildman–Crippen MR) is 89.2 cm³/mol. The van der Waals surface area contributed by atoms with Crippen LogP contribution in [0, 0.1) is 0 Å². The molecule has 122 valence electrons. The van der Waals surface area contributed by atoms with Crippen LogP contribution in [0.1, 0.15) is 22.8 Å². The third-order valence-corrected chi connectivity index (χ3v) is 3.77. The van der Waals surface area contributed by atoms with Gasteiger partial charge in [-0.3, -0.25) is 4.79 Å². The molecule has 0 aliphatic carbocycles. The van der Waals surface area contributed by atoms with Crippen molar-refractivity contribution in [1.82, 2.24) is 4.98 Å². The van der Waals surface area contributed by atoms with E-state index in [1.807, 2.05) is 43.1 Å². The molecule has 3 N–H and O–H groups in total. The van der Waals surface area contributed by atoms with E-state index in [1.165, 1.54) is 6.07 Å². The smallest absolute Gasteiger partial charge is 0.341 e. The first-order chi connectivity index (χ1) is 11.0. The summed E-state index contributed by atoms with van der Waals surface area (Å²) in [6.45, 7) is 2.51. The average molecular weight is 316 g/mol. The molecular formula is C17H20N2O4. The number of rotatable bonds is 6. The van der Waals surface area contributed by atoms with Gasteiger partial charge in [0, 0.05) is 19.3 Å². The maximum atomic E-state index is 11.9. The van der Waals surface area contributed by atoms with Gasteiger partial charge in [0.2, 0.25) is 0 Å². The molecule has 0 radical (unpaired) electrons. The summed E-state index contributed by atoms with van der Waals surface area (Å²) in [5.41, 5.74) is 2.33. The quantitative estimate of drug-likeness (QED) is 0.754. The van der Waals surface area contributed by atoms with Gasteiger partial charge in [-0.2, -0.15) is 0 Å². The molecule has 0 unspecified atom stereocenters. The number of aromatic nitrogens is 1. The second-order valence-corrected chi connectivity index (χ2v) is 5.26. The van der Waals surface area contributed by atoms with Gasteiger partial charge in [0.15, 0.2) is 0 Å². The monoisotopic (exact) mass is 316 g/mol. The number of H-pyrrole nitrogens is 1. The SMILES string of the molecule is CCc1cc(C(=O)O)c(=O)[nH]c1-c1ccc(N(C)CCO)cc1. The Morgan fingerprint density at radius 3 is 2.43 bits per heavy atom. The van der Waals surface area contributed by atoms with Gasteiger partial charge in [0.05, 0.1) is 12.3 Å². The molecule has 1 aromatic carbocycles. The number of carboxylic acids is 1. The zero-order valence-corrected chi connectivity index (χ0v) is 13.2. The molecule has 6 heteroatoms. The molecule has 0 atom stereocenters. The Labute approximate surface area is 134 Å². The zero-order chi connectivity index (χ0) is 17.0. The summed E-state index contributed by atoms with van der Waals surface area (Å²) >= 11 is 0. The molecule has 0 fully saturated rings. The van der Waals surface area contributed by atoms with E-state index >= 15 is 0 Å². The van der Waals surface area contributed by atoms with Crippen LogP contribution in [0.4, 0.5) is 5.69 Å². The molecule has 0 saturated heterocycles. The molecule has 1 aromatic heterocycles. The number of aromatic amines is 1. The number of likely N-dealkylation sites (N-methyl/N-ethyl adjacent to an activating group) is 1. The lowest BCUT2D eigenvalue weighted by atomic mass is 10.0. The van der Waals surface area contributed by atoms with E-state index in [0.717, 1.165) is 16.8 Å². The number of hydrogen-bond acceptors (Lipinski definition) is 4. The number of pyridine rings is 1. The Hall–Kier alpha value is -2.60. The molecule has 6 nitrogen and oxygen atoms in total.